The fourth-order valence-electron chi connectivity index (χ4n) is 1.78. The average Bonchev–Trinajstić information content (AvgIpc) is 2.46. The number of nitrogens with one attached hydrogen (secondary N) is 1. The van der Waals surface area contributed by atoms with E-state index in [0.29, 0.717) is 12.1 Å². The van der Waals surface area contributed by atoms with E-state index in [4.69, 9.17) is 10.00 Å². The lowest BCUT2D eigenvalue weighted by atomic mass is 10.1. The second-order valence-electron chi connectivity index (χ2n) is 4.14. The van der Waals surface area contributed by atoms with E-state index in [2.05, 4.69) is 16.4 Å². The Bertz CT molecular complexity index is 617. The first kappa shape index (κ1) is 12.9. The summed E-state index contributed by atoms with van der Waals surface area (Å²) in [6.07, 6.45) is 1.76. The molecule has 0 saturated heterocycles. The number of nitrogens with zero attached hydrogens (tertiary/aromatic N) is 2. The van der Waals surface area contributed by atoms with Crippen LogP contribution in [0.15, 0.2) is 36.5 Å². The number of hydrogen-bond donors (Lipinski definition) is 1. The van der Waals surface area contributed by atoms with Gasteiger partial charge >= 0.3 is 0 Å². The highest BCUT2D eigenvalue weighted by Crippen LogP contribution is 2.22. The zero-order valence-corrected chi connectivity index (χ0v) is 11.0. The molecule has 0 spiro atoms. The van der Waals surface area contributed by atoms with Gasteiger partial charge in [-0.15, -0.1) is 0 Å². The lowest BCUT2D eigenvalue weighted by molar-refractivity contribution is 0.415. The van der Waals surface area contributed by atoms with Crippen LogP contribution >= 0.6 is 0 Å². The van der Waals surface area contributed by atoms with Crippen molar-refractivity contribution in [2.45, 2.75) is 13.5 Å². The van der Waals surface area contributed by atoms with Crippen molar-refractivity contribution in [3.63, 3.8) is 0 Å². The molecule has 0 amide bonds. The molecular formula is C15H15N3O. The molecule has 0 aliphatic carbocycles. The fraction of sp³-hybridized carbons (Fsp3) is 0.200. The summed E-state index contributed by atoms with van der Waals surface area (Å²) in [5.41, 5.74) is 3.44. The molecule has 0 aliphatic heterocycles. The van der Waals surface area contributed by atoms with Gasteiger partial charge in [0.15, 0.2) is 0 Å². The fourth-order valence-corrected chi connectivity index (χ4v) is 1.78. The topological polar surface area (TPSA) is 57.9 Å². The van der Waals surface area contributed by atoms with E-state index < -0.39 is 0 Å². The second kappa shape index (κ2) is 5.87. The molecule has 2 rings (SSSR count). The first-order valence-electron chi connectivity index (χ1n) is 5.97. The van der Waals surface area contributed by atoms with Gasteiger partial charge in [-0.3, -0.25) is 4.98 Å². The third-order valence-electron chi connectivity index (χ3n) is 2.91. The Kier molecular flexibility index (Phi) is 3.99. The first-order chi connectivity index (χ1) is 9.24. The normalized spacial score (nSPS) is 9.74. The summed E-state index contributed by atoms with van der Waals surface area (Å²) in [4.78, 5) is 4.31. The molecule has 0 unspecified atom stereocenters. The quantitative estimate of drug-likeness (QED) is 0.910. The Morgan fingerprint density at radius 3 is 2.89 bits per heavy atom. The molecule has 1 heterocycles. The van der Waals surface area contributed by atoms with Gasteiger partial charge in [0.25, 0.3) is 0 Å². The van der Waals surface area contributed by atoms with Crippen LogP contribution in [0.5, 0.6) is 5.75 Å². The molecule has 19 heavy (non-hydrogen) atoms. The maximum atomic E-state index is 9.09. The second-order valence-corrected chi connectivity index (χ2v) is 4.14. The molecule has 0 fully saturated rings. The third-order valence-corrected chi connectivity index (χ3v) is 2.91. The van der Waals surface area contributed by atoms with Gasteiger partial charge < -0.3 is 10.1 Å². The Morgan fingerprint density at radius 2 is 2.21 bits per heavy atom. The molecule has 1 N–H and O–H groups in total. The van der Waals surface area contributed by atoms with Gasteiger partial charge in [-0.25, -0.2) is 0 Å². The Morgan fingerprint density at radius 1 is 1.37 bits per heavy atom. The predicted octanol–water partition coefficient (Wildman–Crippen LogP) is 2.88. The Labute approximate surface area is 112 Å². The Hall–Kier alpha value is -2.54. The molecule has 4 heteroatoms. The molecular weight excluding hydrogens is 238 g/mol. The van der Waals surface area contributed by atoms with Crippen molar-refractivity contribution >= 4 is 5.69 Å². The number of hydrogen-bond acceptors (Lipinski definition) is 4. The number of aromatic nitrogens is 1. The largest absolute Gasteiger partial charge is 0.497 e. The number of methoxy groups -OCH3 is 1. The van der Waals surface area contributed by atoms with E-state index in [0.717, 1.165) is 22.7 Å². The van der Waals surface area contributed by atoms with Crippen molar-refractivity contribution in [2.24, 2.45) is 0 Å². The molecule has 1 aromatic heterocycles. The van der Waals surface area contributed by atoms with Crippen LogP contribution in [0.25, 0.3) is 0 Å². The van der Waals surface area contributed by atoms with Gasteiger partial charge in [0.2, 0.25) is 0 Å². The van der Waals surface area contributed by atoms with E-state index in [-0.39, 0.29) is 0 Å². The first-order valence-corrected chi connectivity index (χ1v) is 5.97. The highest BCUT2D eigenvalue weighted by molar-refractivity contribution is 5.60. The van der Waals surface area contributed by atoms with E-state index in [9.17, 15) is 0 Å². The van der Waals surface area contributed by atoms with Crippen LogP contribution in [0.1, 0.15) is 16.8 Å². The third kappa shape index (κ3) is 3.02. The van der Waals surface area contributed by atoms with E-state index in [1.807, 2.05) is 25.1 Å². The van der Waals surface area contributed by atoms with E-state index in [1.165, 1.54) is 0 Å². The van der Waals surface area contributed by atoms with E-state index >= 15 is 0 Å². The molecule has 0 saturated carbocycles. The molecule has 0 radical (unpaired) electrons. The number of aryl methyl sites for hydroxylation is 1. The molecule has 4 nitrogen and oxygen atoms in total. The average molecular weight is 253 g/mol. The van der Waals surface area contributed by atoms with Crippen LogP contribution < -0.4 is 10.1 Å². The maximum Gasteiger partial charge on any atom is 0.121 e. The maximum absolute atomic E-state index is 9.09. The number of anilines is 1. The predicted molar refractivity (Wildman–Crippen MR) is 74.0 cm³/mol. The van der Waals surface area contributed by atoms with Crippen LogP contribution in [-0.4, -0.2) is 12.1 Å². The van der Waals surface area contributed by atoms with Crippen LogP contribution in [0.3, 0.4) is 0 Å². The van der Waals surface area contributed by atoms with Gasteiger partial charge in [-0.05, 0) is 30.7 Å². The molecule has 0 aliphatic rings. The molecule has 2 aromatic rings. The summed E-state index contributed by atoms with van der Waals surface area (Å²) in [7, 11) is 1.61. The van der Waals surface area contributed by atoms with E-state index in [1.54, 1.807) is 25.4 Å². The number of ether oxygens (including phenoxy) is 1. The highest BCUT2D eigenvalue weighted by Gasteiger charge is 2.05. The number of benzene rings is 1. The summed E-state index contributed by atoms with van der Waals surface area (Å²) < 4.78 is 5.17. The molecule has 1 aromatic carbocycles. The van der Waals surface area contributed by atoms with Crippen LogP contribution in [0.2, 0.25) is 0 Å². The van der Waals surface area contributed by atoms with Crippen molar-refractivity contribution < 1.29 is 4.74 Å². The van der Waals surface area contributed by atoms with Crippen LogP contribution in [0.4, 0.5) is 5.69 Å². The molecule has 0 bridgehead atoms. The van der Waals surface area contributed by atoms with Gasteiger partial charge in [0.05, 0.1) is 30.6 Å². The van der Waals surface area contributed by atoms with Gasteiger partial charge in [-0.1, -0.05) is 6.07 Å². The van der Waals surface area contributed by atoms with Crippen LogP contribution in [0, 0.1) is 18.3 Å². The minimum Gasteiger partial charge on any atom is -0.497 e. The lowest BCUT2D eigenvalue weighted by Gasteiger charge is -2.10. The van der Waals surface area contributed by atoms with Crippen molar-refractivity contribution in [1.82, 2.24) is 4.98 Å². The molecule has 96 valence electrons. The SMILES string of the molecule is COc1ccc(C#N)c(NCc2ncccc2C)c1. The van der Waals surface area contributed by atoms with Crippen molar-refractivity contribution in [2.75, 3.05) is 12.4 Å². The molecule has 0 atom stereocenters. The van der Waals surface area contributed by atoms with Gasteiger partial charge in [0, 0.05) is 12.3 Å². The van der Waals surface area contributed by atoms with Gasteiger partial charge in [0.1, 0.15) is 11.8 Å². The number of pyridine rings is 1. The standard InChI is InChI=1S/C15H15N3O/c1-11-4-3-7-17-15(11)10-18-14-8-13(19-2)6-5-12(14)9-16/h3-8,18H,10H2,1-2H3. The zero-order valence-electron chi connectivity index (χ0n) is 11.0. The smallest absolute Gasteiger partial charge is 0.121 e. The highest BCUT2D eigenvalue weighted by atomic mass is 16.5. The summed E-state index contributed by atoms with van der Waals surface area (Å²) in [6.45, 7) is 2.59. The zero-order chi connectivity index (χ0) is 13.7. The summed E-state index contributed by atoms with van der Waals surface area (Å²) in [5, 5.41) is 12.3. The summed E-state index contributed by atoms with van der Waals surface area (Å²) in [6, 6.07) is 11.4. The van der Waals surface area contributed by atoms with Crippen molar-refractivity contribution in [3.8, 4) is 11.8 Å². The minimum absolute atomic E-state index is 0.578. The summed E-state index contributed by atoms with van der Waals surface area (Å²) >= 11 is 0. The summed E-state index contributed by atoms with van der Waals surface area (Å²) in [5.74, 6) is 0.722. The number of rotatable bonds is 4. The van der Waals surface area contributed by atoms with Crippen molar-refractivity contribution in [1.29, 1.82) is 5.26 Å². The Balaban J connectivity index is 2.19. The lowest BCUT2D eigenvalue weighted by Crippen LogP contribution is -2.05. The van der Waals surface area contributed by atoms with Crippen LogP contribution in [-0.2, 0) is 6.54 Å². The monoisotopic (exact) mass is 253 g/mol. The number of nitriles is 1. The van der Waals surface area contributed by atoms with Gasteiger partial charge in [-0.2, -0.15) is 5.26 Å². The minimum atomic E-state index is 0.578. The van der Waals surface area contributed by atoms with Crippen molar-refractivity contribution in [3.05, 3.63) is 53.3 Å².